The first-order chi connectivity index (χ1) is 10.9. The molecule has 0 spiro atoms. The summed E-state index contributed by atoms with van der Waals surface area (Å²) in [6, 6.07) is 13.8. The van der Waals surface area contributed by atoms with Crippen molar-refractivity contribution in [2.45, 2.75) is 10.3 Å². The Morgan fingerprint density at radius 3 is 2.39 bits per heavy atom. The molecule has 0 aliphatic carbocycles. The molecule has 8 heteroatoms. The molecule has 1 atom stereocenters. The Bertz CT molecular complexity index is 876. The van der Waals surface area contributed by atoms with Crippen molar-refractivity contribution in [3.8, 4) is 6.07 Å². The summed E-state index contributed by atoms with van der Waals surface area (Å²) in [6.07, 6.45) is -1.47. The van der Waals surface area contributed by atoms with Crippen molar-refractivity contribution >= 4 is 31.9 Å². The molecule has 0 saturated heterocycles. The van der Waals surface area contributed by atoms with Gasteiger partial charge in [-0.3, -0.25) is 0 Å². The van der Waals surface area contributed by atoms with Crippen LogP contribution in [0.5, 0.6) is 0 Å². The molecular weight excluding hydrogens is 384 g/mol. The molecule has 2 aromatic carbocycles. The Labute approximate surface area is 141 Å². The normalized spacial score (nSPS) is 12.2. The zero-order chi connectivity index (χ0) is 17.0. The number of carboxylic acid groups (broad SMARTS) is 1. The maximum absolute atomic E-state index is 12.8. The van der Waals surface area contributed by atoms with Gasteiger partial charge in [0.05, 0.1) is 16.5 Å². The summed E-state index contributed by atoms with van der Waals surface area (Å²) in [5, 5.41) is 18.4. The van der Waals surface area contributed by atoms with Gasteiger partial charge in [0.25, 0.3) is 0 Å². The maximum atomic E-state index is 12.8. The van der Waals surface area contributed by atoms with Gasteiger partial charge in [-0.05, 0) is 24.3 Å². The van der Waals surface area contributed by atoms with Crippen LogP contribution in [0, 0.1) is 11.3 Å². The molecular formula is C15H11BrN2O4S. The van der Waals surface area contributed by atoms with Crippen LogP contribution in [0.4, 0.5) is 4.79 Å². The van der Waals surface area contributed by atoms with E-state index < -0.39 is 21.3 Å². The predicted octanol–water partition coefficient (Wildman–Crippen LogP) is 3.06. The van der Waals surface area contributed by atoms with Crippen LogP contribution in [0.1, 0.15) is 16.5 Å². The lowest BCUT2D eigenvalue weighted by atomic mass is 10.1. The molecule has 2 rings (SSSR count). The van der Waals surface area contributed by atoms with E-state index in [1.165, 1.54) is 30.3 Å². The molecule has 0 aromatic heterocycles. The molecule has 1 unspecified atom stereocenters. The monoisotopic (exact) mass is 394 g/mol. The fourth-order valence-electron chi connectivity index (χ4n) is 1.99. The van der Waals surface area contributed by atoms with E-state index in [2.05, 4.69) is 15.9 Å². The van der Waals surface area contributed by atoms with Crippen LogP contribution in [0.25, 0.3) is 0 Å². The van der Waals surface area contributed by atoms with Crippen molar-refractivity contribution in [2.24, 2.45) is 0 Å². The smallest absolute Gasteiger partial charge is 0.405 e. The highest BCUT2D eigenvalue weighted by Crippen LogP contribution is 2.32. The third-order valence-corrected chi connectivity index (χ3v) is 5.66. The summed E-state index contributed by atoms with van der Waals surface area (Å²) < 4.78 is 25.9. The summed E-state index contributed by atoms with van der Waals surface area (Å²) >= 11 is 3.20. The molecule has 0 bridgehead atoms. The van der Waals surface area contributed by atoms with Crippen LogP contribution in [0.15, 0.2) is 57.9 Å². The Morgan fingerprint density at radius 1 is 1.22 bits per heavy atom. The van der Waals surface area contributed by atoms with Gasteiger partial charge < -0.3 is 10.4 Å². The molecule has 0 aliphatic heterocycles. The highest BCUT2D eigenvalue weighted by atomic mass is 79.9. The highest BCUT2D eigenvalue weighted by Gasteiger charge is 2.32. The summed E-state index contributed by atoms with van der Waals surface area (Å²) in [5.41, 5.74) is 0.530. The topological polar surface area (TPSA) is 107 Å². The van der Waals surface area contributed by atoms with Gasteiger partial charge in [0.1, 0.15) is 0 Å². The van der Waals surface area contributed by atoms with E-state index in [0.717, 1.165) is 0 Å². The Kier molecular flexibility index (Phi) is 5.03. The third-order valence-electron chi connectivity index (χ3n) is 3.05. The number of benzene rings is 2. The van der Waals surface area contributed by atoms with Gasteiger partial charge in [-0.1, -0.05) is 40.2 Å². The average molecular weight is 395 g/mol. The lowest BCUT2D eigenvalue weighted by Gasteiger charge is -2.19. The first kappa shape index (κ1) is 17.0. The summed E-state index contributed by atoms with van der Waals surface area (Å²) in [6.45, 7) is 0. The molecule has 0 saturated carbocycles. The quantitative estimate of drug-likeness (QED) is 0.828. The summed E-state index contributed by atoms with van der Waals surface area (Å²) in [4.78, 5) is 11.0. The predicted molar refractivity (Wildman–Crippen MR) is 86.4 cm³/mol. The largest absolute Gasteiger partial charge is 0.465 e. The van der Waals surface area contributed by atoms with Crippen LogP contribution in [0.2, 0.25) is 0 Å². The Morgan fingerprint density at radius 2 is 1.87 bits per heavy atom. The van der Waals surface area contributed by atoms with Gasteiger partial charge in [0.15, 0.2) is 5.37 Å². The van der Waals surface area contributed by atoms with E-state index in [-0.39, 0.29) is 10.5 Å². The molecule has 6 nitrogen and oxygen atoms in total. The van der Waals surface area contributed by atoms with Gasteiger partial charge in [-0.2, -0.15) is 5.26 Å². The van der Waals surface area contributed by atoms with Crippen LogP contribution < -0.4 is 5.32 Å². The zero-order valence-electron chi connectivity index (χ0n) is 11.6. The van der Waals surface area contributed by atoms with Crippen LogP contribution in [-0.2, 0) is 9.84 Å². The van der Waals surface area contributed by atoms with Gasteiger partial charge in [-0.25, -0.2) is 13.2 Å². The van der Waals surface area contributed by atoms with E-state index in [4.69, 9.17) is 10.4 Å². The van der Waals surface area contributed by atoms with Crippen LogP contribution >= 0.6 is 15.9 Å². The second kappa shape index (κ2) is 6.81. The number of nitrogens with zero attached hydrogens (tertiary/aromatic N) is 1. The molecule has 2 aromatic rings. The number of carbonyl (C=O) groups is 1. The number of hydrogen-bond donors (Lipinski definition) is 2. The minimum Gasteiger partial charge on any atom is -0.465 e. The van der Waals surface area contributed by atoms with E-state index in [1.54, 1.807) is 18.2 Å². The minimum absolute atomic E-state index is 0.00462. The minimum atomic E-state index is -4.00. The molecule has 23 heavy (non-hydrogen) atoms. The van der Waals surface area contributed by atoms with E-state index >= 15 is 0 Å². The highest BCUT2D eigenvalue weighted by molar-refractivity contribution is 9.10. The fraction of sp³-hybridized carbons (Fsp3) is 0.0667. The molecule has 118 valence electrons. The number of sulfone groups is 1. The van der Waals surface area contributed by atoms with Crippen LogP contribution in [-0.4, -0.2) is 19.6 Å². The van der Waals surface area contributed by atoms with Crippen molar-refractivity contribution in [1.29, 1.82) is 5.26 Å². The maximum Gasteiger partial charge on any atom is 0.405 e. The Hall–Kier alpha value is -2.37. The van der Waals surface area contributed by atoms with Crippen molar-refractivity contribution < 1.29 is 18.3 Å². The summed E-state index contributed by atoms with van der Waals surface area (Å²) in [7, 11) is -4.00. The molecule has 1 amide bonds. The number of amides is 1. The number of nitrogens with one attached hydrogen (secondary N) is 1. The van der Waals surface area contributed by atoms with Crippen LogP contribution in [0.3, 0.4) is 0 Å². The number of rotatable bonds is 4. The zero-order valence-corrected chi connectivity index (χ0v) is 14.0. The lowest BCUT2D eigenvalue weighted by Crippen LogP contribution is -2.33. The fourth-order valence-corrected chi connectivity index (χ4v) is 4.35. The van der Waals surface area contributed by atoms with E-state index in [0.29, 0.717) is 10.0 Å². The summed E-state index contributed by atoms with van der Waals surface area (Å²) in [5.74, 6) is 0. The van der Waals surface area contributed by atoms with Gasteiger partial charge in [0.2, 0.25) is 9.84 Å². The third kappa shape index (κ3) is 3.70. The number of halogens is 1. The molecule has 0 heterocycles. The standard InChI is InChI=1S/C15H11BrN2O4S/c16-13-8-10(9-17)6-7-12(13)14(18-15(19)20)23(21,22)11-4-2-1-3-5-11/h1-8,14,18H,(H,19,20). The molecule has 2 N–H and O–H groups in total. The van der Waals surface area contributed by atoms with Crippen molar-refractivity contribution in [2.75, 3.05) is 0 Å². The van der Waals surface area contributed by atoms with Gasteiger partial charge in [0, 0.05) is 10.0 Å². The van der Waals surface area contributed by atoms with Gasteiger partial charge in [-0.15, -0.1) is 0 Å². The second-order valence-corrected chi connectivity index (χ2v) is 7.42. The van der Waals surface area contributed by atoms with Crippen molar-refractivity contribution in [1.82, 2.24) is 5.32 Å². The van der Waals surface area contributed by atoms with Crippen molar-refractivity contribution in [3.05, 3.63) is 64.1 Å². The second-order valence-electron chi connectivity index (χ2n) is 4.54. The van der Waals surface area contributed by atoms with E-state index in [1.807, 2.05) is 11.4 Å². The Balaban J connectivity index is 2.59. The molecule has 0 fully saturated rings. The first-order valence-electron chi connectivity index (χ1n) is 6.34. The lowest BCUT2D eigenvalue weighted by molar-refractivity contribution is 0.193. The van der Waals surface area contributed by atoms with E-state index in [9.17, 15) is 13.2 Å². The number of hydrogen-bond acceptors (Lipinski definition) is 4. The molecule has 0 aliphatic rings. The molecule has 0 radical (unpaired) electrons. The van der Waals surface area contributed by atoms with Gasteiger partial charge >= 0.3 is 6.09 Å². The SMILES string of the molecule is N#Cc1ccc(C(NC(=O)O)S(=O)(=O)c2ccccc2)c(Br)c1. The first-order valence-corrected chi connectivity index (χ1v) is 8.68. The number of nitriles is 1. The average Bonchev–Trinajstić information content (AvgIpc) is 2.53. The van der Waals surface area contributed by atoms with Crippen molar-refractivity contribution in [3.63, 3.8) is 0 Å².